The fourth-order valence-corrected chi connectivity index (χ4v) is 2.62. The minimum atomic E-state index is 0.179. The third-order valence-electron chi connectivity index (χ3n) is 3.64. The molecule has 1 aliphatic rings. The number of nitrogens with two attached hydrogens (primary N) is 1. The molecular weight excluding hydrogens is 242 g/mol. The predicted molar refractivity (Wildman–Crippen MR) is 87.2 cm³/mol. The summed E-state index contributed by atoms with van der Waals surface area (Å²) < 4.78 is 0. The Morgan fingerprint density at radius 2 is 1.40 bits per heavy atom. The first-order valence-electron chi connectivity index (χ1n) is 7.08. The third-order valence-corrected chi connectivity index (χ3v) is 3.64. The molecule has 1 heteroatoms. The Hall–Kier alpha value is -2.12. The highest BCUT2D eigenvalue weighted by molar-refractivity contribution is 5.93. The van der Waals surface area contributed by atoms with Gasteiger partial charge in [-0.2, -0.15) is 0 Å². The molecule has 0 amide bonds. The maximum atomic E-state index is 5.93. The predicted octanol–water partition coefficient (Wildman–Crippen LogP) is 4.34. The highest BCUT2D eigenvalue weighted by Crippen LogP contribution is 2.33. The second-order valence-electron chi connectivity index (χ2n) is 5.34. The van der Waals surface area contributed by atoms with Gasteiger partial charge in [-0.05, 0) is 41.2 Å². The van der Waals surface area contributed by atoms with Crippen molar-refractivity contribution in [1.82, 2.24) is 0 Å². The molecule has 1 unspecified atom stereocenters. The first-order chi connectivity index (χ1) is 9.75. The Balaban J connectivity index is 2.21. The van der Waals surface area contributed by atoms with E-state index in [1.165, 1.54) is 27.8 Å². The van der Waals surface area contributed by atoms with Crippen LogP contribution in [0.15, 0.2) is 54.6 Å². The smallest absolute Gasteiger partial charge is 0.00453 e. The van der Waals surface area contributed by atoms with Gasteiger partial charge in [-0.15, -0.1) is 0 Å². The SMILES string of the molecule is CC(N)CC=C1c2ccccc2C=Cc2ccccc21. The Morgan fingerprint density at radius 3 is 1.90 bits per heavy atom. The van der Waals surface area contributed by atoms with E-state index in [9.17, 15) is 0 Å². The van der Waals surface area contributed by atoms with E-state index in [4.69, 9.17) is 5.73 Å². The second kappa shape index (κ2) is 5.48. The van der Waals surface area contributed by atoms with Crippen LogP contribution in [0.2, 0.25) is 0 Å². The molecule has 0 aliphatic heterocycles. The van der Waals surface area contributed by atoms with Crippen molar-refractivity contribution in [3.8, 4) is 0 Å². The van der Waals surface area contributed by atoms with Crippen LogP contribution >= 0.6 is 0 Å². The molecule has 0 saturated heterocycles. The summed E-state index contributed by atoms with van der Waals surface area (Å²) in [5.41, 5.74) is 12.3. The molecule has 0 fully saturated rings. The molecule has 0 aromatic heterocycles. The van der Waals surface area contributed by atoms with Crippen LogP contribution in [0.1, 0.15) is 35.6 Å². The molecule has 2 aromatic carbocycles. The van der Waals surface area contributed by atoms with E-state index in [2.05, 4.69) is 66.8 Å². The van der Waals surface area contributed by atoms with Gasteiger partial charge in [-0.25, -0.2) is 0 Å². The topological polar surface area (TPSA) is 26.0 Å². The average Bonchev–Trinajstić information content (AvgIpc) is 2.62. The summed E-state index contributed by atoms with van der Waals surface area (Å²) in [5, 5.41) is 0. The van der Waals surface area contributed by atoms with Crippen molar-refractivity contribution in [2.24, 2.45) is 5.73 Å². The molecular formula is C19H19N. The first-order valence-corrected chi connectivity index (χ1v) is 7.08. The third kappa shape index (κ3) is 2.45. The summed E-state index contributed by atoms with van der Waals surface area (Å²) in [6.45, 7) is 2.05. The van der Waals surface area contributed by atoms with Gasteiger partial charge in [-0.3, -0.25) is 0 Å². The van der Waals surface area contributed by atoms with Crippen molar-refractivity contribution in [3.05, 3.63) is 76.9 Å². The molecule has 0 spiro atoms. The molecule has 100 valence electrons. The van der Waals surface area contributed by atoms with Gasteiger partial charge in [-0.1, -0.05) is 66.8 Å². The molecule has 1 atom stereocenters. The molecule has 1 nitrogen and oxygen atoms in total. The van der Waals surface area contributed by atoms with Gasteiger partial charge < -0.3 is 5.73 Å². The zero-order chi connectivity index (χ0) is 13.9. The maximum absolute atomic E-state index is 5.93. The van der Waals surface area contributed by atoms with E-state index < -0.39 is 0 Å². The number of benzene rings is 2. The van der Waals surface area contributed by atoms with Crippen LogP contribution in [0.25, 0.3) is 17.7 Å². The van der Waals surface area contributed by atoms with Crippen LogP contribution in [-0.4, -0.2) is 6.04 Å². The Bertz CT molecular complexity index is 626. The van der Waals surface area contributed by atoms with Crippen molar-refractivity contribution in [1.29, 1.82) is 0 Å². The lowest BCUT2D eigenvalue weighted by atomic mass is 9.92. The molecule has 2 aromatic rings. The maximum Gasteiger partial charge on any atom is 0.00453 e. The van der Waals surface area contributed by atoms with Crippen molar-refractivity contribution < 1.29 is 0 Å². The zero-order valence-electron chi connectivity index (χ0n) is 11.7. The van der Waals surface area contributed by atoms with Crippen molar-refractivity contribution >= 4 is 17.7 Å². The minimum absolute atomic E-state index is 0.179. The normalized spacial score (nSPS) is 14.2. The van der Waals surface area contributed by atoms with Crippen molar-refractivity contribution in [2.75, 3.05) is 0 Å². The van der Waals surface area contributed by atoms with Gasteiger partial charge in [0.15, 0.2) is 0 Å². The van der Waals surface area contributed by atoms with Crippen LogP contribution < -0.4 is 5.73 Å². The number of hydrogen-bond donors (Lipinski definition) is 1. The molecule has 1 aliphatic carbocycles. The van der Waals surface area contributed by atoms with Crippen LogP contribution in [0.5, 0.6) is 0 Å². The van der Waals surface area contributed by atoms with Gasteiger partial charge >= 0.3 is 0 Å². The minimum Gasteiger partial charge on any atom is -0.328 e. The molecule has 20 heavy (non-hydrogen) atoms. The van der Waals surface area contributed by atoms with Crippen LogP contribution in [0.3, 0.4) is 0 Å². The monoisotopic (exact) mass is 261 g/mol. The van der Waals surface area contributed by atoms with Gasteiger partial charge in [0.05, 0.1) is 0 Å². The highest BCUT2D eigenvalue weighted by atomic mass is 14.6. The number of hydrogen-bond acceptors (Lipinski definition) is 1. The quantitative estimate of drug-likeness (QED) is 0.729. The Morgan fingerprint density at radius 1 is 0.900 bits per heavy atom. The van der Waals surface area contributed by atoms with Crippen molar-refractivity contribution in [3.63, 3.8) is 0 Å². The molecule has 0 bridgehead atoms. The van der Waals surface area contributed by atoms with E-state index in [0.29, 0.717) is 0 Å². The summed E-state index contributed by atoms with van der Waals surface area (Å²) in [5.74, 6) is 0. The standard InChI is InChI=1S/C19H19N/c1-14(20)10-13-19-17-8-4-2-6-15(17)11-12-16-7-3-5-9-18(16)19/h2-9,11-14H,10,20H2,1H3. The van der Waals surface area contributed by atoms with Gasteiger partial charge in [0, 0.05) is 6.04 Å². The molecule has 0 saturated carbocycles. The molecule has 0 radical (unpaired) electrons. The van der Waals surface area contributed by atoms with Crippen molar-refractivity contribution in [2.45, 2.75) is 19.4 Å². The van der Waals surface area contributed by atoms with Gasteiger partial charge in [0.25, 0.3) is 0 Å². The van der Waals surface area contributed by atoms with E-state index in [1.807, 2.05) is 6.92 Å². The van der Waals surface area contributed by atoms with E-state index in [-0.39, 0.29) is 6.04 Å². The zero-order valence-corrected chi connectivity index (χ0v) is 11.7. The van der Waals surface area contributed by atoms with Crippen LogP contribution in [-0.2, 0) is 0 Å². The Kier molecular flexibility index (Phi) is 3.53. The van der Waals surface area contributed by atoms with Gasteiger partial charge in [0.1, 0.15) is 0 Å². The van der Waals surface area contributed by atoms with E-state index in [1.54, 1.807) is 0 Å². The number of fused-ring (bicyclic) bond motifs is 2. The van der Waals surface area contributed by atoms with E-state index in [0.717, 1.165) is 6.42 Å². The Labute approximate surface area is 120 Å². The first kappa shape index (κ1) is 12.9. The lowest BCUT2D eigenvalue weighted by Crippen LogP contribution is -2.13. The molecule has 0 heterocycles. The lowest BCUT2D eigenvalue weighted by Gasteiger charge is -2.12. The summed E-state index contributed by atoms with van der Waals surface area (Å²) in [4.78, 5) is 0. The lowest BCUT2D eigenvalue weighted by molar-refractivity contribution is 0.758. The average molecular weight is 261 g/mol. The summed E-state index contributed by atoms with van der Waals surface area (Å²) in [6.07, 6.45) is 7.55. The number of rotatable bonds is 2. The largest absolute Gasteiger partial charge is 0.328 e. The highest BCUT2D eigenvalue weighted by Gasteiger charge is 2.13. The van der Waals surface area contributed by atoms with Crippen LogP contribution in [0, 0.1) is 0 Å². The molecule has 3 rings (SSSR count). The summed E-state index contributed by atoms with van der Waals surface area (Å²) in [6, 6.07) is 17.3. The summed E-state index contributed by atoms with van der Waals surface area (Å²) in [7, 11) is 0. The fraction of sp³-hybridized carbons (Fsp3) is 0.158. The van der Waals surface area contributed by atoms with Crippen LogP contribution in [0.4, 0.5) is 0 Å². The van der Waals surface area contributed by atoms with Gasteiger partial charge in [0.2, 0.25) is 0 Å². The fourth-order valence-electron chi connectivity index (χ4n) is 2.62. The molecule has 2 N–H and O–H groups in total. The second-order valence-corrected chi connectivity index (χ2v) is 5.34. The summed E-state index contributed by atoms with van der Waals surface area (Å²) >= 11 is 0. The van der Waals surface area contributed by atoms with E-state index >= 15 is 0 Å².